The smallest absolute Gasteiger partial charge is 0.234 e. The second kappa shape index (κ2) is 7.67. The fourth-order valence-corrected chi connectivity index (χ4v) is 2.35. The lowest BCUT2D eigenvalue weighted by molar-refractivity contribution is -0.122. The van der Waals surface area contributed by atoms with Crippen LogP contribution in [0.1, 0.15) is 33.6 Å². The van der Waals surface area contributed by atoms with Gasteiger partial charge in [-0.25, -0.2) is 0 Å². The summed E-state index contributed by atoms with van der Waals surface area (Å²) in [5, 5.41) is 6.42. The number of amides is 1. The summed E-state index contributed by atoms with van der Waals surface area (Å²) in [6.45, 7) is 11.1. The van der Waals surface area contributed by atoms with E-state index in [0.29, 0.717) is 12.5 Å². The number of nitrogens with zero attached hydrogens (tertiary/aromatic N) is 1. The molecule has 2 N–H and O–H groups in total. The van der Waals surface area contributed by atoms with Crippen LogP contribution >= 0.6 is 0 Å². The van der Waals surface area contributed by atoms with Crippen LogP contribution in [-0.4, -0.2) is 49.6 Å². The second-order valence-electron chi connectivity index (χ2n) is 5.48. The minimum Gasteiger partial charge on any atom is -0.353 e. The second-order valence-corrected chi connectivity index (χ2v) is 5.48. The largest absolute Gasteiger partial charge is 0.353 e. The van der Waals surface area contributed by atoms with Gasteiger partial charge in [0.15, 0.2) is 0 Å². The maximum atomic E-state index is 11.8. The maximum Gasteiger partial charge on any atom is 0.234 e. The Balaban J connectivity index is 2.23. The van der Waals surface area contributed by atoms with Crippen LogP contribution in [0, 0.1) is 5.92 Å². The Morgan fingerprint density at radius 1 is 1.29 bits per heavy atom. The molecule has 1 amide bonds. The Hall–Kier alpha value is -0.610. The van der Waals surface area contributed by atoms with Crippen molar-refractivity contribution in [3.05, 3.63) is 0 Å². The van der Waals surface area contributed by atoms with E-state index in [4.69, 9.17) is 0 Å². The third-order valence-electron chi connectivity index (χ3n) is 3.03. The third kappa shape index (κ3) is 6.64. The van der Waals surface area contributed by atoms with Gasteiger partial charge in [0.05, 0.1) is 6.54 Å². The fourth-order valence-electron chi connectivity index (χ4n) is 2.35. The summed E-state index contributed by atoms with van der Waals surface area (Å²) in [5.41, 5.74) is 0. The quantitative estimate of drug-likeness (QED) is 0.749. The molecule has 4 nitrogen and oxygen atoms in total. The van der Waals surface area contributed by atoms with Gasteiger partial charge in [-0.1, -0.05) is 13.8 Å². The minimum atomic E-state index is 0.167. The zero-order valence-corrected chi connectivity index (χ0v) is 11.5. The van der Waals surface area contributed by atoms with Crippen molar-refractivity contribution in [1.82, 2.24) is 15.5 Å². The molecule has 0 spiro atoms. The van der Waals surface area contributed by atoms with Crippen LogP contribution in [0.25, 0.3) is 0 Å². The van der Waals surface area contributed by atoms with Crippen LogP contribution in [0.5, 0.6) is 0 Å². The molecule has 0 bridgehead atoms. The lowest BCUT2D eigenvalue weighted by atomic mass is 10.1. The van der Waals surface area contributed by atoms with E-state index in [1.807, 2.05) is 0 Å². The van der Waals surface area contributed by atoms with Crippen molar-refractivity contribution in [1.29, 1.82) is 0 Å². The molecule has 0 aromatic heterocycles. The van der Waals surface area contributed by atoms with E-state index in [9.17, 15) is 4.79 Å². The van der Waals surface area contributed by atoms with Crippen molar-refractivity contribution < 1.29 is 4.79 Å². The van der Waals surface area contributed by atoms with Gasteiger partial charge in [0.1, 0.15) is 0 Å². The highest BCUT2D eigenvalue weighted by atomic mass is 16.2. The maximum absolute atomic E-state index is 11.8. The van der Waals surface area contributed by atoms with Gasteiger partial charge in [-0.2, -0.15) is 0 Å². The lowest BCUT2D eigenvalue weighted by Gasteiger charge is -2.21. The van der Waals surface area contributed by atoms with Crippen molar-refractivity contribution in [2.45, 2.75) is 39.7 Å². The van der Waals surface area contributed by atoms with Crippen LogP contribution in [0.4, 0.5) is 0 Å². The average Bonchev–Trinajstić information content (AvgIpc) is 2.44. The highest BCUT2D eigenvalue weighted by Crippen LogP contribution is 2.03. The van der Waals surface area contributed by atoms with Crippen LogP contribution in [0.15, 0.2) is 0 Å². The van der Waals surface area contributed by atoms with E-state index < -0.39 is 0 Å². The molecule has 0 radical (unpaired) electrons. The summed E-state index contributed by atoms with van der Waals surface area (Å²) < 4.78 is 0. The van der Waals surface area contributed by atoms with E-state index in [2.05, 4.69) is 36.3 Å². The summed E-state index contributed by atoms with van der Waals surface area (Å²) in [6.07, 6.45) is 2.18. The monoisotopic (exact) mass is 241 g/mol. The molecule has 1 atom stereocenters. The third-order valence-corrected chi connectivity index (χ3v) is 3.03. The van der Waals surface area contributed by atoms with Gasteiger partial charge in [-0.05, 0) is 38.8 Å². The molecule has 1 heterocycles. The first-order chi connectivity index (χ1) is 8.08. The van der Waals surface area contributed by atoms with Gasteiger partial charge in [0.2, 0.25) is 5.91 Å². The summed E-state index contributed by atoms with van der Waals surface area (Å²) in [7, 11) is 0. The molecule has 1 aliphatic rings. The van der Waals surface area contributed by atoms with Crippen molar-refractivity contribution in [2.75, 3.05) is 32.7 Å². The van der Waals surface area contributed by atoms with E-state index in [1.54, 1.807) is 0 Å². The minimum absolute atomic E-state index is 0.167. The first-order valence-electron chi connectivity index (χ1n) is 6.80. The standard InChI is InChI=1S/C13H27N3O/c1-11(2)9-12(3)15-13(17)10-16-7-4-5-14-6-8-16/h11-12,14H,4-10H2,1-3H3,(H,15,17). The molecule has 1 unspecified atom stereocenters. The molecule has 100 valence electrons. The first-order valence-corrected chi connectivity index (χ1v) is 6.80. The highest BCUT2D eigenvalue weighted by molar-refractivity contribution is 5.78. The molecular weight excluding hydrogens is 214 g/mol. The van der Waals surface area contributed by atoms with Gasteiger partial charge in [-0.15, -0.1) is 0 Å². The summed E-state index contributed by atoms with van der Waals surface area (Å²) in [5.74, 6) is 0.799. The van der Waals surface area contributed by atoms with E-state index >= 15 is 0 Å². The number of hydrogen-bond donors (Lipinski definition) is 2. The van der Waals surface area contributed by atoms with E-state index in [0.717, 1.165) is 39.0 Å². The number of nitrogens with one attached hydrogen (secondary N) is 2. The topological polar surface area (TPSA) is 44.4 Å². The molecule has 0 aromatic rings. The molecule has 0 aliphatic carbocycles. The van der Waals surface area contributed by atoms with E-state index in [-0.39, 0.29) is 11.9 Å². The Morgan fingerprint density at radius 2 is 2.06 bits per heavy atom. The zero-order valence-electron chi connectivity index (χ0n) is 11.5. The van der Waals surface area contributed by atoms with Crippen LogP contribution in [0.3, 0.4) is 0 Å². The molecule has 0 aromatic carbocycles. The van der Waals surface area contributed by atoms with Gasteiger partial charge >= 0.3 is 0 Å². The van der Waals surface area contributed by atoms with Crippen LogP contribution < -0.4 is 10.6 Å². The van der Waals surface area contributed by atoms with Crippen molar-refractivity contribution >= 4 is 5.91 Å². The Morgan fingerprint density at radius 3 is 2.76 bits per heavy atom. The number of carbonyl (C=O) groups is 1. The van der Waals surface area contributed by atoms with Crippen molar-refractivity contribution in [3.8, 4) is 0 Å². The first kappa shape index (κ1) is 14.5. The molecule has 0 saturated carbocycles. The predicted octanol–water partition coefficient (Wildman–Crippen LogP) is 0.833. The van der Waals surface area contributed by atoms with E-state index in [1.165, 1.54) is 0 Å². The van der Waals surface area contributed by atoms with Gasteiger partial charge < -0.3 is 10.6 Å². The van der Waals surface area contributed by atoms with Gasteiger partial charge in [0.25, 0.3) is 0 Å². The summed E-state index contributed by atoms with van der Waals surface area (Å²) in [6, 6.07) is 0.285. The summed E-state index contributed by atoms with van der Waals surface area (Å²) in [4.78, 5) is 14.1. The van der Waals surface area contributed by atoms with Crippen molar-refractivity contribution in [3.63, 3.8) is 0 Å². The van der Waals surface area contributed by atoms with Gasteiger partial charge in [0, 0.05) is 19.1 Å². The Bertz CT molecular complexity index is 223. The molecule has 4 heteroatoms. The molecule has 17 heavy (non-hydrogen) atoms. The predicted molar refractivity (Wildman–Crippen MR) is 71.0 cm³/mol. The highest BCUT2D eigenvalue weighted by Gasteiger charge is 2.14. The number of rotatable bonds is 5. The zero-order chi connectivity index (χ0) is 12.7. The molecular formula is C13H27N3O. The SMILES string of the molecule is CC(C)CC(C)NC(=O)CN1CCCNCC1. The average molecular weight is 241 g/mol. The summed E-state index contributed by atoms with van der Waals surface area (Å²) >= 11 is 0. The lowest BCUT2D eigenvalue weighted by Crippen LogP contribution is -2.42. The molecule has 1 aliphatic heterocycles. The van der Waals surface area contributed by atoms with Crippen LogP contribution in [-0.2, 0) is 4.79 Å². The van der Waals surface area contributed by atoms with Crippen molar-refractivity contribution in [2.24, 2.45) is 5.92 Å². The molecule has 1 fully saturated rings. The van der Waals surface area contributed by atoms with Crippen LogP contribution in [0.2, 0.25) is 0 Å². The van der Waals surface area contributed by atoms with Gasteiger partial charge in [-0.3, -0.25) is 9.69 Å². The molecule has 1 rings (SSSR count). The Labute approximate surface area is 105 Å². The number of hydrogen-bond acceptors (Lipinski definition) is 3. The molecule has 1 saturated heterocycles. The Kier molecular flexibility index (Phi) is 6.52. The number of carbonyl (C=O) groups excluding carboxylic acids is 1. The fraction of sp³-hybridized carbons (Fsp3) is 0.923. The normalized spacial score (nSPS) is 20.0.